The van der Waals surface area contributed by atoms with E-state index in [0.717, 1.165) is 44.1 Å². The number of azide groups is 1. The summed E-state index contributed by atoms with van der Waals surface area (Å²) < 4.78 is 5.39. The van der Waals surface area contributed by atoms with Crippen LogP contribution in [0.2, 0.25) is 0 Å². The van der Waals surface area contributed by atoms with Gasteiger partial charge in [-0.15, -0.1) is 0 Å². The third-order valence-electron chi connectivity index (χ3n) is 4.39. The second-order valence-corrected chi connectivity index (χ2v) is 6.01. The van der Waals surface area contributed by atoms with Gasteiger partial charge in [-0.2, -0.15) is 0 Å². The summed E-state index contributed by atoms with van der Waals surface area (Å²) in [6.07, 6.45) is 0.449. The van der Waals surface area contributed by atoms with Crippen LogP contribution in [0.15, 0.2) is 29.4 Å². The molecule has 0 radical (unpaired) electrons. The Labute approximate surface area is 135 Å². The van der Waals surface area contributed by atoms with E-state index >= 15 is 0 Å². The summed E-state index contributed by atoms with van der Waals surface area (Å²) in [5, 5.41) is 3.61. The lowest BCUT2D eigenvalue weighted by Gasteiger charge is -2.28. The van der Waals surface area contributed by atoms with Crippen LogP contribution in [0.25, 0.3) is 10.4 Å². The van der Waals surface area contributed by atoms with Gasteiger partial charge in [0.15, 0.2) is 0 Å². The molecule has 2 heterocycles. The minimum absolute atomic E-state index is 0.106. The fourth-order valence-corrected chi connectivity index (χ4v) is 3.20. The van der Waals surface area contributed by atoms with Crippen molar-refractivity contribution in [2.24, 2.45) is 11.0 Å². The molecule has 3 rings (SSSR count). The maximum atomic E-state index is 12.4. The molecule has 2 aliphatic rings. The van der Waals surface area contributed by atoms with Crippen molar-refractivity contribution in [2.45, 2.75) is 13.0 Å². The summed E-state index contributed by atoms with van der Waals surface area (Å²) in [7, 11) is 0. The molecule has 0 saturated carbocycles. The molecule has 2 saturated heterocycles. The molecule has 1 aromatic rings. The van der Waals surface area contributed by atoms with E-state index in [1.807, 2.05) is 23.1 Å². The van der Waals surface area contributed by atoms with Gasteiger partial charge in [0.25, 0.3) is 0 Å². The van der Waals surface area contributed by atoms with Crippen LogP contribution in [0.1, 0.15) is 12.0 Å². The Morgan fingerprint density at radius 1 is 1.30 bits per heavy atom. The van der Waals surface area contributed by atoms with Gasteiger partial charge in [-0.1, -0.05) is 23.3 Å². The van der Waals surface area contributed by atoms with E-state index < -0.39 is 0 Å². The van der Waals surface area contributed by atoms with Crippen molar-refractivity contribution in [3.63, 3.8) is 0 Å². The predicted molar refractivity (Wildman–Crippen MR) is 87.0 cm³/mol. The minimum Gasteiger partial charge on any atom is -0.379 e. The number of para-hydroxylation sites is 1. The largest absolute Gasteiger partial charge is 0.379 e. The van der Waals surface area contributed by atoms with Crippen molar-refractivity contribution < 1.29 is 9.53 Å². The number of carbonyl (C=O) groups excluding carboxylic acids is 1. The van der Waals surface area contributed by atoms with Crippen molar-refractivity contribution in [3.8, 4) is 0 Å². The van der Waals surface area contributed by atoms with Gasteiger partial charge < -0.3 is 9.64 Å². The molecule has 1 amide bonds. The Bertz CT molecular complexity index is 608. The van der Waals surface area contributed by atoms with Crippen LogP contribution < -0.4 is 4.90 Å². The Morgan fingerprint density at radius 2 is 2.09 bits per heavy atom. The number of morpholine rings is 1. The number of ether oxygens (including phenoxy) is 1. The van der Waals surface area contributed by atoms with E-state index in [1.54, 1.807) is 0 Å². The molecule has 2 aliphatic heterocycles. The van der Waals surface area contributed by atoms with Crippen LogP contribution in [0.5, 0.6) is 0 Å². The molecule has 23 heavy (non-hydrogen) atoms. The number of rotatable bonds is 5. The molecule has 1 atom stereocenters. The summed E-state index contributed by atoms with van der Waals surface area (Å²) in [6.45, 7) is 5.19. The minimum atomic E-state index is 0.106. The zero-order chi connectivity index (χ0) is 16.1. The topological polar surface area (TPSA) is 81.5 Å². The van der Waals surface area contributed by atoms with E-state index in [9.17, 15) is 4.79 Å². The number of benzene rings is 1. The lowest BCUT2D eigenvalue weighted by atomic mass is 10.1. The van der Waals surface area contributed by atoms with Gasteiger partial charge in [-0.05, 0) is 23.1 Å². The molecule has 0 aromatic heterocycles. The van der Waals surface area contributed by atoms with Gasteiger partial charge in [-0.3, -0.25) is 9.69 Å². The molecule has 122 valence electrons. The first-order chi connectivity index (χ1) is 11.3. The molecule has 0 N–H and O–H groups in total. The maximum Gasteiger partial charge on any atom is 0.227 e. The number of carbonyl (C=O) groups is 1. The fraction of sp³-hybridized carbons (Fsp3) is 0.562. The number of hydrogen-bond donors (Lipinski definition) is 0. The third-order valence-corrected chi connectivity index (χ3v) is 4.39. The number of amides is 1. The van der Waals surface area contributed by atoms with Crippen molar-refractivity contribution >= 4 is 11.6 Å². The zero-order valence-electron chi connectivity index (χ0n) is 13.1. The van der Waals surface area contributed by atoms with Gasteiger partial charge in [0, 0.05) is 49.7 Å². The maximum absolute atomic E-state index is 12.4. The zero-order valence-corrected chi connectivity index (χ0v) is 13.1. The van der Waals surface area contributed by atoms with E-state index in [2.05, 4.69) is 21.0 Å². The van der Waals surface area contributed by atoms with Gasteiger partial charge in [0.05, 0.1) is 13.2 Å². The molecule has 0 bridgehead atoms. The first-order valence-electron chi connectivity index (χ1n) is 7.97. The number of nitrogens with zero attached hydrogens (tertiary/aromatic N) is 5. The molecule has 7 heteroatoms. The normalized spacial score (nSPS) is 22.2. The summed E-state index contributed by atoms with van der Waals surface area (Å²) >= 11 is 0. The SMILES string of the molecule is [N-]=[N+]=NCC1CC(=O)N(c2ccccc2CN2CCOCC2)C1. The van der Waals surface area contributed by atoms with E-state index in [-0.39, 0.29) is 11.8 Å². The van der Waals surface area contributed by atoms with Crippen molar-refractivity contribution in [3.05, 3.63) is 40.3 Å². The van der Waals surface area contributed by atoms with E-state index in [0.29, 0.717) is 19.5 Å². The van der Waals surface area contributed by atoms with Crippen LogP contribution in [0.4, 0.5) is 5.69 Å². The van der Waals surface area contributed by atoms with Crippen LogP contribution in [-0.4, -0.2) is 50.2 Å². The second-order valence-electron chi connectivity index (χ2n) is 6.01. The fourth-order valence-electron chi connectivity index (χ4n) is 3.20. The highest BCUT2D eigenvalue weighted by molar-refractivity contribution is 5.96. The summed E-state index contributed by atoms with van der Waals surface area (Å²) in [4.78, 5) is 19.3. The van der Waals surface area contributed by atoms with Crippen molar-refractivity contribution in [1.82, 2.24) is 4.90 Å². The standard InChI is InChI=1S/C16H21N5O2/c17-19-18-10-13-9-16(22)21(11-13)15-4-2-1-3-14(15)12-20-5-7-23-8-6-20/h1-4,13H,5-12H2. The van der Waals surface area contributed by atoms with Gasteiger partial charge in [-0.25, -0.2) is 0 Å². The molecule has 0 aliphatic carbocycles. The Hall–Kier alpha value is -2.08. The smallest absolute Gasteiger partial charge is 0.227 e. The lowest BCUT2D eigenvalue weighted by molar-refractivity contribution is -0.117. The highest BCUT2D eigenvalue weighted by atomic mass is 16.5. The molecular formula is C16H21N5O2. The Balaban J connectivity index is 1.74. The van der Waals surface area contributed by atoms with Gasteiger partial charge in [0.1, 0.15) is 0 Å². The van der Waals surface area contributed by atoms with Crippen LogP contribution in [0, 0.1) is 5.92 Å². The summed E-state index contributed by atoms with van der Waals surface area (Å²) in [6, 6.07) is 8.06. The number of hydrogen-bond acceptors (Lipinski definition) is 4. The monoisotopic (exact) mass is 315 g/mol. The quantitative estimate of drug-likeness (QED) is 0.474. The molecule has 1 unspecified atom stereocenters. The highest BCUT2D eigenvalue weighted by Crippen LogP contribution is 2.29. The average Bonchev–Trinajstić information content (AvgIpc) is 2.95. The van der Waals surface area contributed by atoms with E-state index in [4.69, 9.17) is 10.3 Å². The number of anilines is 1. The second kappa shape index (κ2) is 7.46. The van der Waals surface area contributed by atoms with Crippen LogP contribution >= 0.6 is 0 Å². The highest BCUT2D eigenvalue weighted by Gasteiger charge is 2.31. The van der Waals surface area contributed by atoms with Gasteiger partial charge in [0.2, 0.25) is 5.91 Å². The summed E-state index contributed by atoms with van der Waals surface area (Å²) in [5.41, 5.74) is 10.6. The Kier molecular flexibility index (Phi) is 5.12. The molecule has 7 nitrogen and oxygen atoms in total. The molecule has 0 spiro atoms. The lowest BCUT2D eigenvalue weighted by Crippen LogP contribution is -2.36. The van der Waals surface area contributed by atoms with E-state index in [1.165, 1.54) is 0 Å². The summed E-state index contributed by atoms with van der Waals surface area (Å²) in [5.74, 6) is 0.215. The van der Waals surface area contributed by atoms with Gasteiger partial charge >= 0.3 is 0 Å². The van der Waals surface area contributed by atoms with Crippen LogP contribution in [-0.2, 0) is 16.1 Å². The van der Waals surface area contributed by atoms with Crippen LogP contribution in [0.3, 0.4) is 0 Å². The van der Waals surface area contributed by atoms with Crippen molar-refractivity contribution in [2.75, 3.05) is 44.3 Å². The Morgan fingerprint density at radius 3 is 2.87 bits per heavy atom. The van der Waals surface area contributed by atoms with Crippen molar-refractivity contribution in [1.29, 1.82) is 0 Å². The average molecular weight is 315 g/mol. The molecule has 1 aromatic carbocycles. The first-order valence-corrected chi connectivity index (χ1v) is 7.97. The molecular weight excluding hydrogens is 294 g/mol. The predicted octanol–water partition coefficient (Wildman–Crippen LogP) is 2.18. The molecule has 2 fully saturated rings. The third kappa shape index (κ3) is 3.82. The first kappa shape index (κ1) is 15.8.